The summed E-state index contributed by atoms with van der Waals surface area (Å²) in [5, 5.41) is 7.64. The highest BCUT2D eigenvalue weighted by molar-refractivity contribution is 7.95. The van der Waals surface area contributed by atoms with Crippen LogP contribution in [0, 0.1) is 6.92 Å². The van der Waals surface area contributed by atoms with Gasteiger partial charge in [-0.15, -0.1) is 11.3 Å². The van der Waals surface area contributed by atoms with Crippen LogP contribution in [0.1, 0.15) is 44.8 Å². The van der Waals surface area contributed by atoms with Crippen LogP contribution in [0.4, 0.5) is 0 Å². The molecule has 0 aliphatic heterocycles. The van der Waals surface area contributed by atoms with E-state index in [4.69, 9.17) is 9.41 Å². The molecule has 0 aliphatic rings. The lowest BCUT2D eigenvalue weighted by atomic mass is 10.1. The summed E-state index contributed by atoms with van der Waals surface area (Å²) in [6.07, 6.45) is 4.26. The van der Waals surface area contributed by atoms with Gasteiger partial charge in [-0.3, -0.25) is 0 Å². The van der Waals surface area contributed by atoms with Crippen LogP contribution in [0.3, 0.4) is 0 Å². The van der Waals surface area contributed by atoms with Crippen LogP contribution in [0.5, 0.6) is 0 Å². The first-order valence-electron chi connectivity index (χ1n) is 13.9. The van der Waals surface area contributed by atoms with Gasteiger partial charge in [0.05, 0.1) is 23.0 Å². The molecule has 0 N–H and O–H groups in total. The Morgan fingerprint density at radius 3 is 1.72 bits per heavy atom. The van der Waals surface area contributed by atoms with Gasteiger partial charge in [-0.1, -0.05) is 75.4 Å². The third-order valence-corrected chi connectivity index (χ3v) is 17.8. The summed E-state index contributed by atoms with van der Waals surface area (Å²) < 4.78 is 7.21. The molecule has 1 atom stereocenters. The van der Waals surface area contributed by atoms with E-state index in [1.807, 2.05) is 0 Å². The number of benzene rings is 3. The summed E-state index contributed by atoms with van der Waals surface area (Å²) in [6.45, 7) is 16.0. The Balaban J connectivity index is 1.82. The molecule has 1 heterocycles. The van der Waals surface area contributed by atoms with Crippen molar-refractivity contribution in [2.45, 2.75) is 65.3 Å². The van der Waals surface area contributed by atoms with E-state index in [1.54, 1.807) is 11.3 Å². The number of nitrogens with zero attached hydrogens (tertiary/aromatic N) is 1. The summed E-state index contributed by atoms with van der Waals surface area (Å²) in [4.78, 5) is 4.73. The van der Waals surface area contributed by atoms with Gasteiger partial charge in [0.25, 0.3) is 0 Å². The highest BCUT2D eigenvalue weighted by Crippen LogP contribution is 2.56. The molecule has 0 amide bonds. The monoisotopic (exact) mass is 572 g/mol. The van der Waals surface area contributed by atoms with Crippen molar-refractivity contribution in [2.75, 3.05) is 6.16 Å². The lowest BCUT2D eigenvalue weighted by Gasteiger charge is -2.40. The minimum absolute atomic E-state index is 0.0309. The molecule has 2 nitrogen and oxygen atoms in total. The molecule has 0 saturated heterocycles. The first-order chi connectivity index (χ1) is 18.5. The second kappa shape index (κ2) is 12.4. The standard InChI is InChI=1S/C34H43NOPSSi/c1-27(25-29-26-38-28(2)35-29)33(36-39(6,7)34(3,4)5)23-24-37(30-17-11-8-12-18-30,31-19-13-9-14-20-31)32-21-15-10-16-22-32/h8-22,25-26,33H,23-24H2,1-7H3/q+1/b27-25+/t33-/m0/s1. The molecule has 0 radical (unpaired) electrons. The van der Waals surface area contributed by atoms with Crippen molar-refractivity contribution in [2.24, 2.45) is 0 Å². The zero-order chi connectivity index (χ0) is 28.1. The maximum atomic E-state index is 7.21. The van der Waals surface area contributed by atoms with Crippen LogP contribution in [-0.4, -0.2) is 25.6 Å². The average molecular weight is 573 g/mol. The molecule has 0 spiro atoms. The van der Waals surface area contributed by atoms with E-state index in [-0.39, 0.29) is 11.1 Å². The lowest BCUT2D eigenvalue weighted by Crippen LogP contribution is -2.45. The Labute approximate surface area is 241 Å². The predicted molar refractivity (Wildman–Crippen MR) is 177 cm³/mol. The first kappa shape index (κ1) is 29.6. The fourth-order valence-electron chi connectivity index (χ4n) is 4.88. The van der Waals surface area contributed by atoms with E-state index >= 15 is 0 Å². The summed E-state index contributed by atoms with van der Waals surface area (Å²) in [6, 6.07) is 33.5. The third kappa shape index (κ3) is 6.87. The molecule has 5 heteroatoms. The first-order valence-corrected chi connectivity index (χ1v) is 19.6. The second-order valence-corrected chi connectivity index (χ2v) is 21.3. The lowest BCUT2D eigenvalue weighted by molar-refractivity contribution is 0.211. The molecule has 3 aromatic carbocycles. The number of hydrogen-bond acceptors (Lipinski definition) is 3. The molecule has 204 valence electrons. The Morgan fingerprint density at radius 1 is 0.872 bits per heavy atom. The number of aromatic nitrogens is 1. The fourth-order valence-corrected chi connectivity index (χ4v) is 11.2. The molecule has 0 aliphatic carbocycles. The Morgan fingerprint density at radius 2 is 1.33 bits per heavy atom. The van der Waals surface area contributed by atoms with E-state index in [2.05, 4.69) is 150 Å². The molecule has 0 bridgehead atoms. The van der Waals surface area contributed by atoms with Gasteiger partial charge < -0.3 is 4.43 Å². The van der Waals surface area contributed by atoms with Crippen molar-refractivity contribution < 1.29 is 4.43 Å². The van der Waals surface area contributed by atoms with Gasteiger partial charge in [0.2, 0.25) is 0 Å². The maximum absolute atomic E-state index is 7.21. The van der Waals surface area contributed by atoms with Gasteiger partial charge in [0, 0.05) is 11.8 Å². The van der Waals surface area contributed by atoms with Crippen LogP contribution in [0.25, 0.3) is 6.08 Å². The summed E-state index contributed by atoms with van der Waals surface area (Å²) in [5.74, 6) is 0. The Bertz CT molecular complexity index is 1260. The van der Waals surface area contributed by atoms with Crippen molar-refractivity contribution in [1.82, 2.24) is 4.98 Å². The Hall–Kier alpha value is -2.36. The van der Waals surface area contributed by atoms with Gasteiger partial charge in [0.1, 0.15) is 23.2 Å². The number of rotatable bonds is 10. The molecule has 0 fully saturated rings. The van der Waals surface area contributed by atoms with Crippen molar-refractivity contribution in [3.05, 3.63) is 113 Å². The highest BCUT2D eigenvalue weighted by Gasteiger charge is 2.46. The molecule has 0 unspecified atom stereocenters. The third-order valence-electron chi connectivity index (χ3n) is 8.08. The van der Waals surface area contributed by atoms with E-state index in [0.717, 1.165) is 23.3 Å². The number of thiazole rings is 1. The van der Waals surface area contributed by atoms with Crippen LogP contribution >= 0.6 is 18.6 Å². The maximum Gasteiger partial charge on any atom is 0.192 e. The second-order valence-electron chi connectivity index (χ2n) is 11.9. The zero-order valence-electron chi connectivity index (χ0n) is 24.5. The summed E-state index contributed by atoms with van der Waals surface area (Å²) in [7, 11) is -3.96. The van der Waals surface area contributed by atoms with Gasteiger partial charge in [-0.05, 0) is 80.0 Å². The molecule has 4 aromatic rings. The van der Waals surface area contributed by atoms with Crippen LogP contribution < -0.4 is 15.9 Å². The SMILES string of the molecule is C/C(=C\c1csc(C)n1)[C@H](CC[P+](c1ccccc1)(c1ccccc1)c1ccccc1)O[Si](C)(C)C(C)(C)C. The Kier molecular flexibility index (Phi) is 9.44. The average Bonchev–Trinajstić information content (AvgIpc) is 3.33. The van der Waals surface area contributed by atoms with Crippen LogP contribution in [-0.2, 0) is 4.43 Å². The molecule has 4 rings (SSSR count). The normalized spacial score (nSPS) is 13.9. The van der Waals surface area contributed by atoms with Gasteiger partial charge in [0.15, 0.2) is 8.32 Å². The molecule has 39 heavy (non-hydrogen) atoms. The minimum Gasteiger partial charge on any atom is -0.410 e. The summed E-state index contributed by atoms with van der Waals surface area (Å²) in [5.41, 5.74) is 2.30. The number of aryl methyl sites for hydroxylation is 1. The smallest absolute Gasteiger partial charge is 0.192 e. The quantitative estimate of drug-likeness (QED) is 0.140. The van der Waals surface area contributed by atoms with Crippen LogP contribution in [0.2, 0.25) is 18.1 Å². The minimum atomic E-state index is -2.02. The van der Waals surface area contributed by atoms with Gasteiger partial charge in [-0.25, -0.2) is 4.98 Å². The molecule has 0 saturated carbocycles. The van der Waals surface area contributed by atoms with Gasteiger partial charge in [-0.2, -0.15) is 0 Å². The van der Waals surface area contributed by atoms with Crippen molar-refractivity contribution >= 4 is 48.9 Å². The van der Waals surface area contributed by atoms with Crippen LogP contribution in [0.15, 0.2) is 102 Å². The predicted octanol–water partition coefficient (Wildman–Crippen LogP) is 8.63. The van der Waals surface area contributed by atoms with Crippen molar-refractivity contribution in [3.63, 3.8) is 0 Å². The highest BCUT2D eigenvalue weighted by atomic mass is 32.1. The molecular weight excluding hydrogens is 530 g/mol. The van der Waals surface area contributed by atoms with E-state index in [1.165, 1.54) is 21.5 Å². The fraction of sp³-hybridized carbons (Fsp3) is 0.324. The summed E-state index contributed by atoms with van der Waals surface area (Å²) >= 11 is 1.70. The molecular formula is C34H43NOPSSi+. The van der Waals surface area contributed by atoms with E-state index in [9.17, 15) is 0 Å². The van der Waals surface area contributed by atoms with E-state index < -0.39 is 15.6 Å². The number of hydrogen-bond donors (Lipinski definition) is 0. The van der Waals surface area contributed by atoms with Crippen molar-refractivity contribution in [1.29, 1.82) is 0 Å². The largest absolute Gasteiger partial charge is 0.410 e. The van der Waals surface area contributed by atoms with E-state index in [0.29, 0.717) is 0 Å². The van der Waals surface area contributed by atoms with Crippen molar-refractivity contribution in [3.8, 4) is 0 Å². The van der Waals surface area contributed by atoms with Gasteiger partial charge >= 0.3 is 0 Å². The zero-order valence-corrected chi connectivity index (χ0v) is 27.2. The topological polar surface area (TPSA) is 22.1 Å². The molecule has 1 aromatic heterocycles.